The van der Waals surface area contributed by atoms with E-state index in [0.29, 0.717) is 11.3 Å². The topological polar surface area (TPSA) is 116 Å². The largest absolute Gasteiger partial charge is 0.481 e. The first kappa shape index (κ1) is 14.7. The van der Waals surface area contributed by atoms with Crippen molar-refractivity contribution in [1.29, 1.82) is 10.5 Å². The van der Waals surface area contributed by atoms with Crippen molar-refractivity contribution in [3.63, 3.8) is 0 Å². The molecular formula is C16H10N4O2. The summed E-state index contributed by atoms with van der Waals surface area (Å²) in [6.45, 7) is 0.0805. The Bertz CT molecular complexity index is 908. The van der Waals surface area contributed by atoms with Crippen LogP contribution in [0.15, 0.2) is 29.1 Å². The average Bonchev–Trinajstić information content (AvgIpc) is 2.52. The highest BCUT2D eigenvalue weighted by Crippen LogP contribution is 2.30. The number of hydrogen-bond acceptors (Lipinski definition) is 5. The number of aromatic amines is 1. The molecule has 0 saturated carbocycles. The van der Waals surface area contributed by atoms with Crippen molar-refractivity contribution >= 4 is 5.82 Å². The van der Waals surface area contributed by atoms with E-state index in [2.05, 4.69) is 10.9 Å². The molecule has 106 valence electrons. The van der Waals surface area contributed by atoms with E-state index in [9.17, 15) is 15.3 Å². The third-order valence-electron chi connectivity index (χ3n) is 2.91. The van der Waals surface area contributed by atoms with Gasteiger partial charge in [-0.3, -0.25) is 4.79 Å². The van der Waals surface area contributed by atoms with E-state index in [1.165, 1.54) is 0 Å². The standard InChI is InChI=1S/C16H10N4O2/c1-2-6-22-11-5-3-4-10(7-11)14-12(8-17)15(19)20-16(21)13(14)9-18/h1,3-5,7H,6H2,(H3,19,20,21). The SMILES string of the molecule is C#CCOc1cccc(-c2c(C#N)c(N)[nH]c(=O)c2C#N)c1. The van der Waals surface area contributed by atoms with E-state index in [1.54, 1.807) is 30.3 Å². The Morgan fingerprint density at radius 1 is 1.27 bits per heavy atom. The van der Waals surface area contributed by atoms with Crippen molar-refractivity contribution < 1.29 is 4.74 Å². The lowest BCUT2D eigenvalue weighted by atomic mass is 9.96. The van der Waals surface area contributed by atoms with Crippen molar-refractivity contribution in [3.8, 4) is 41.4 Å². The molecule has 0 aliphatic carbocycles. The second-order valence-corrected chi connectivity index (χ2v) is 4.24. The third-order valence-corrected chi connectivity index (χ3v) is 2.91. The molecule has 0 saturated heterocycles. The van der Waals surface area contributed by atoms with E-state index >= 15 is 0 Å². The molecular weight excluding hydrogens is 280 g/mol. The van der Waals surface area contributed by atoms with Gasteiger partial charge < -0.3 is 15.5 Å². The molecule has 6 heteroatoms. The zero-order chi connectivity index (χ0) is 16.1. The van der Waals surface area contributed by atoms with Crippen molar-refractivity contribution in [2.75, 3.05) is 12.3 Å². The minimum Gasteiger partial charge on any atom is -0.481 e. The maximum Gasteiger partial charge on any atom is 0.268 e. The van der Waals surface area contributed by atoms with E-state index in [1.807, 2.05) is 6.07 Å². The Hall–Kier alpha value is -3.69. The minimum atomic E-state index is -0.649. The number of ether oxygens (including phenoxy) is 1. The van der Waals surface area contributed by atoms with Gasteiger partial charge in [-0.2, -0.15) is 10.5 Å². The lowest BCUT2D eigenvalue weighted by Crippen LogP contribution is -2.16. The number of anilines is 1. The summed E-state index contributed by atoms with van der Waals surface area (Å²) >= 11 is 0. The molecule has 1 aromatic carbocycles. The second kappa shape index (κ2) is 6.17. The predicted octanol–water partition coefficient (Wildman–Crippen LogP) is 1.38. The van der Waals surface area contributed by atoms with Crippen LogP contribution in [0.25, 0.3) is 11.1 Å². The van der Waals surface area contributed by atoms with Gasteiger partial charge in [0.05, 0.1) is 0 Å². The van der Waals surface area contributed by atoms with Crippen LogP contribution < -0.4 is 16.0 Å². The monoisotopic (exact) mass is 290 g/mol. The van der Waals surface area contributed by atoms with Crippen LogP contribution in [0.4, 0.5) is 5.82 Å². The highest BCUT2D eigenvalue weighted by Gasteiger charge is 2.18. The molecule has 0 amide bonds. The number of nitriles is 2. The minimum absolute atomic E-state index is 0.0326. The van der Waals surface area contributed by atoms with Gasteiger partial charge in [-0.1, -0.05) is 18.1 Å². The van der Waals surface area contributed by atoms with Crippen LogP contribution in [-0.2, 0) is 0 Å². The Labute approximate surface area is 126 Å². The first-order valence-corrected chi connectivity index (χ1v) is 6.15. The summed E-state index contributed by atoms with van der Waals surface area (Å²) in [5.74, 6) is 2.71. The van der Waals surface area contributed by atoms with Crippen LogP contribution >= 0.6 is 0 Å². The summed E-state index contributed by atoms with van der Waals surface area (Å²) in [4.78, 5) is 14.2. The molecule has 6 nitrogen and oxygen atoms in total. The summed E-state index contributed by atoms with van der Waals surface area (Å²) in [5, 5.41) is 18.5. The number of aromatic nitrogens is 1. The molecule has 1 aromatic heterocycles. The van der Waals surface area contributed by atoms with Gasteiger partial charge in [0.15, 0.2) is 0 Å². The predicted molar refractivity (Wildman–Crippen MR) is 80.7 cm³/mol. The van der Waals surface area contributed by atoms with Crippen molar-refractivity contribution in [1.82, 2.24) is 4.98 Å². The fourth-order valence-corrected chi connectivity index (χ4v) is 2.00. The van der Waals surface area contributed by atoms with Crippen LogP contribution in [0.3, 0.4) is 0 Å². The molecule has 3 N–H and O–H groups in total. The number of nitrogens with one attached hydrogen (secondary N) is 1. The third kappa shape index (κ3) is 2.60. The molecule has 0 fully saturated rings. The first-order valence-electron chi connectivity index (χ1n) is 6.15. The number of terminal acetylenes is 1. The molecule has 1 heterocycles. The van der Waals surface area contributed by atoms with E-state index in [-0.39, 0.29) is 29.1 Å². The molecule has 0 spiro atoms. The summed E-state index contributed by atoms with van der Waals surface area (Å²) in [5.41, 5.74) is 5.52. The smallest absolute Gasteiger partial charge is 0.268 e. The van der Waals surface area contributed by atoms with Crippen molar-refractivity contribution in [2.24, 2.45) is 0 Å². The summed E-state index contributed by atoms with van der Waals surface area (Å²) in [7, 11) is 0. The van der Waals surface area contributed by atoms with Gasteiger partial charge in [0.1, 0.15) is 41.4 Å². The molecule has 0 radical (unpaired) electrons. The number of nitrogens with zero attached hydrogens (tertiary/aromatic N) is 2. The maximum atomic E-state index is 11.9. The van der Waals surface area contributed by atoms with Gasteiger partial charge in [0.25, 0.3) is 5.56 Å². The van der Waals surface area contributed by atoms with E-state index in [4.69, 9.17) is 16.9 Å². The number of pyridine rings is 1. The Morgan fingerprint density at radius 2 is 2.00 bits per heavy atom. The lowest BCUT2D eigenvalue weighted by molar-refractivity contribution is 0.370. The Kier molecular flexibility index (Phi) is 4.13. The number of nitrogen functional groups attached to an aromatic ring is 1. The van der Waals surface area contributed by atoms with E-state index in [0.717, 1.165) is 0 Å². The highest BCUT2D eigenvalue weighted by atomic mass is 16.5. The average molecular weight is 290 g/mol. The van der Waals surface area contributed by atoms with Crippen LogP contribution in [-0.4, -0.2) is 11.6 Å². The summed E-state index contributed by atoms with van der Waals surface area (Å²) < 4.78 is 5.31. The fourth-order valence-electron chi connectivity index (χ4n) is 2.00. The number of H-pyrrole nitrogens is 1. The number of nitrogens with two attached hydrogens (primary N) is 1. The second-order valence-electron chi connectivity index (χ2n) is 4.24. The van der Waals surface area contributed by atoms with Gasteiger partial charge >= 0.3 is 0 Å². The van der Waals surface area contributed by atoms with Gasteiger partial charge in [0, 0.05) is 5.56 Å². The number of hydrogen-bond donors (Lipinski definition) is 2. The van der Waals surface area contributed by atoms with Gasteiger partial charge in [-0.25, -0.2) is 0 Å². The summed E-state index contributed by atoms with van der Waals surface area (Å²) in [6, 6.07) is 10.3. The maximum absolute atomic E-state index is 11.9. The fraction of sp³-hybridized carbons (Fsp3) is 0.0625. The zero-order valence-corrected chi connectivity index (χ0v) is 11.4. The van der Waals surface area contributed by atoms with Crippen molar-refractivity contribution in [3.05, 3.63) is 45.7 Å². The Balaban J connectivity index is 2.73. The zero-order valence-electron chi connectivity index (χ0n) is 11.4. The van der Waals surface area contributed by atoms with Crippen LogP contribution in [0.5, 0.6) is 5.75 Å². The van der Waals surface area contributed by atoms with Crippen LogP contribution in [0.1, 0.15) is 11.1 Å². The van der Waals surface area contributed by atoms with E-state index < -0.39 is 5.56 Å². The number of rotatable bonds is 3. The molecule has 0 atom stereocenters. The summed E-state index contributed by atoms with van der Waals surface area (Å²) in [6.07, 6.45) is 5.13. The molecule has 2 aromatic rings. The van der Waals surface area contributed by atoms with Gasteiger partial charge in [0.2, 0.25) is 0 Å². The lowest BCUT2D eigenvalue weighted by Gasteiger charge is -2.10. The quantitative estimate of drug-likeness (QED) is 0.828. The first-order chi connectivity index (χ1) is 10.6. The van der Waals surface area contributed by atoms with Gasteiger partial charge in [-0.15, -0.1) is 6.42 Å². The van der Waals surface area contributed by atoms with Crippen molar-refractivity contribution in [2.45, 2.75) is 0 Å². The van der Waals surface area contributed by atoms with Crippen LogP contribution in [0.2, 0.25) is 0 Å². The highest BCUT2D eigenvalue weighted by molar-refractivity contribution is 5.80. The van der Waals surface area contributed by atoms with Crippen LogP contribution in [0, 0.1) is 35.0 Å². The molecule has 0 aliphatic heterocycles. The van der Waals surface area contributed by atoms with Gasteiger partial charge in [-0.05, 0) is 17.7 Å². The molecule has 22 heavy (non-hydrogen) atoms. The molecule has 2 rings (SSSR count). The molecule has 0 unspecified atom stereocenters. The molecule has 0 aliphatic rings. The molecule has 0 bridgehead atoms. The normalized spacial score (nSPS) is 9.32. The Morgan fingerprint density at radius 3 is 2.64 bits per heavy atom. The number of benzene rings is 1.